The van der Waals surface area contributed by atoms with Crippen molar-refractivity contribution < 1.29 is 4.74 Å². The lowest BCUT2D eigenvalue weighted by molar-refractivity contribution is 0.238. The summed E-state index contributed by atoms with van der Waals surface area (Å²) in [5.74, 6) is 0.888. The topological polar surface area (TPSA) is 47.0 Å². The molecule has 0 radical (unpaired) electrons. The summed E-state index contributed by atoms with van der Waals surface area (Å²) in [6, 6.07) is 8.06. The molecule has 1 aromatic heterocycles. The molecule has 1 atom stereocenters. The largest absolute Gasteiger partial charge is 0.491 e. The normalized spacial score (nSPS) is 12.4. The summed E-state index contributed by atoms with van der Waals surface area (Å²) < 4.78 is 5.91. The van der Waals surface area contributed by atoms with Crippen LogP contribution in [0, 0.1) is 0 Å². The zero-order valence-electron chi connectivity index (χ0n) is 12.2. The summed E-state index contributed by atoms with van der Waals surface area (Å²) in [6.45, 7) is 6.98. The minimum atomic E-state index is -0.0105. The van der Waals surface area contributed by atoms with E-state index in [9.17, 15) is 0 Å². The molecule has 0 aliphatic carbocycles. The Morgan fingerprint density at radius 3 is 2.65 bits per heavy atom. The van der Waals surface area contributed by atoms with Crippen molar-refractivity contribution in [1.29, 1.82) is 0 Å². The number of hydrogen-bond acceptors (Lipinski definition) is 4. The lowest BCUT2D eigenvalue weighted by Crippen LogP contribution is -2.24. The lowest BCUT2D eigenvalue weighted by Gasteiger charge is -2.21. The maximum Gasteiger partial charge on any atom is 0.124 e. The van der Waals surface area contributed by atoms with E-state index in [2.05, 4.69) is 28.3 Å². The van der Waals surface area contributed by atoms with Crippen LogP contribution in [0.3, 0.4) is 0 Å². The van der Waals surface area contributed by atoms with E-state index in [0.717, 1.165) is 23.6 Å². The van der Waals surface area contributed by atoms with Crippen LogP contribution >= 0.6 is 0 Å². The van der Waals surface area contributed by atoms with Crippen molar-refractivity contribution >= 4 is 0 Å². The maximum atomic E-state index is 5.91. The molecule has 4 heteroatoms. The second-order valence-electron chi connectivity index (χ2n) is 4.83. The first-order valence-electron chi connectivity index (χ1n) is 6.97. The van der Waals surface area contributed by atoms with Gasteiger partial charge in [0.1, 0.15) is 5.75 Å². The first kappa shape index (κ1) is 14.5. The van der Waals surface area contributed by atoms with Gasteiger partial charge >= 0.3 is 0 Å². The molecule has 0 fully saturated rings. The van der Waals surface area contributed by atoms with Crippen LogP contribution in [0.2, 0.25) is 0 Å². The van der Waals surface area contributed by atoms with Crippen LogP contribution in [-0.2, 0) is 0 Å². The third-order valence-electron chi connectivity index (χ3n) is 2.88. The molecule has 20 heavy (non-hydrogen) atoms. The summed E-state index contributed by atoms with van der Waals surface area (Å²) in [5.41, 5.74) is 1.98. The number of rotatable bonds is 6. The van der Waals surface area contributed by atoms with Gasteiger partial charge in [-0.3, -0.25) is 9.97 Å². The molecule has 1 aromatic carbocycles. The smallest absolute Gasteiger partial charge is 0.124 e. The third-order valence-corrected chi connectivity index (χ3v) is 2.88. The van der Waals surface area contributed by atoms with Crippen LogP contribution in [-0.4, -0.2) is 22.6 Å². The quantitative estimate of drug-likeness (QED) is 0.877. The van der Waals surface area contributed by atoms with Crippen molar-refractivity contribution in [3.05, 3.63) is 54.1 Å². The third kappa shape index (κ3) is 3.54. The van der Waals surface area contributed by atoms with Gasteiger partial charge in [-0.1, -0.05) is 25.1 Å². The summed E-state index contributed by atoms with van der Waals surface area (Å²) in [6.07, 6.45) is 5.33. The fraction of sp³-hybridized carbons (Fsp3) is 0.375. The van der Waals surface area contributed by atoms with Gasteiger partial charge in [-0.25, -0.2) is 0 Å². The van der Waals surface area contributed by atoms with Gasteiger partial charge in [0.2, 0.25) is 0 Å². The molecule has 0 amide bonds. The summed E-state index contributed by atoms with van der Waals surface area (Å²) in [5, 5.41) is 3.45. The molecule has 2 rings (SSSR count). The van der Waals surface area contributed by atoms with E-state index >= 15 is 0 Å². The first-order chi connectivity index (χ1) is 9.72. The molecule has 4 nitrogen and oxygen atoms in total. The van der Waals surface area contributed by atoms with Crippen LogP contribution in [0.25, 0.3) is 0 Å². The zero-order chi connectivity index (χ0) is 14.4. The first-order valence-corrected chi connectivity index (χ1v) is 6.97. The van der Waals surface area contributed by atoms with Crippen molar-refractivity contribution in [3.8, 4) is 5.75 Å². The molecule has 0 saturated carbocycles. The molecule has 0 aliphatic heterocycles. The molecule has 1 unspecified atom stereocenters. The van der Waals surface area contributed by atoms with E-state index in [4.69, 9.17) is 4.74 Å². The fourth-order valence-electron chi connectivity index (χ4n) is 2.12. The van der Waals surface area contributed by atoms with Crippen LogP contribution in [0.4, 0.5) is 0 Å². The average molecular weight is 271 g/mol. The molecular weight excluding hydrogens is 250 g/mol. The van der Waals surface area contributed by atoms with Gasteiger partial charge in [-0.2, -0.15) is 0 Å². The summed E-state index contributed by atoms with van der Waals surface area (Å²) >= 11 is 0. The predicted molar refractivity (Wildman–Crippen MR) is 79.8 cm³/mol. The Hall–Kier alpha value is -1.94. The van der Waals surface area contributed by atoms with E-state index in [1.54, 1.807) is 18.6 Å². The molecule has 106 valence electrons. The van der Waals surface area contributed by atoms with Gasteiger partial charge in [0.05, 0.1) is 24.0 Å². The maximum absolute atomic E-state index is 5.91. The SMILES string of the molecule is CCNC(c1cnccn1)c1ccccc1OC(C)C. The average Bonchev–Trinajstić information content (AvgIpc) is 2.46. The standard InChI is InChI=1S/C16H21N3O/c1-4-18-16(14-11-17-9-10-19-14)13-7-5-6-8-15(13)20-12(2)3/h5-12,16,18H,4H2,1-3H3. The molecule has 0 bridgehead atoms. The van der Waals surface area contributed by atoms with Gasteiger partial charge in [0, 0.05) is 18.0 Å². The predicted octanol–water partition coefficient (Wildman–Crippen LogP) is 2.96. The Balaban J connectivity index is 2.39. The Bertz CT molecular complexity index is 528. The zero-order valence-corrected chi connectivity index (χ0v) is 12.2. The lowest BCUT2D eigenvalue weighted by atomic mass is 10.0. The van der Waals surface area contributed by atoms with E-state index in [-0.39, 0.29) is 12.1 Å². The Morgan fingerprint density at radius 1 is 1.20 bits per heavy atom. The second-order valence-corrected chi connectivity index (χ2v) is 4.83. The van der Waals surface area contributed by atoms with E-state index < -0.39 is 0 Å². The summed E-state index contributed by atoms with van der Waals surface area (Å²) in [7, 11) is 0. The van der Waals surface area contributed by atoms with Crippen molar-refractivity contribution in [2.24, 2.45) is 0 Å². The highest BCUT2D eigenvalue weighted by atomic mass is 16.5. The van der Waals surface area contributed by atoms with Gasteiger partial charge < -0.3 is 10.1 Å². The summed E-state index contributed by atoms with van der Waals surface area (Å²) in [4.78, 5) is 8.57. The van der Waals surface area contributed by atoms with Gasteiger partial charge in [0.25, 0.3) is 0 Å². The van der Waals surface area contributed by atoms with Crippen molar-refractivity contribution in [1.82, 2.24) is 15.3 Å². The van der Waals surface area contributed by atoms with Gasteiger partial charge in [-0.05, 0) is 26.5 Å². The number of aromatic nitrogens is 2. The highest BCUT2D eigenvalue weighted by Gasteiger charge is 2.19. The van der Waals surface area contributed by atoms with E-state index in [0.29, 0.717) is 0 Å². The molecule has 2 aromatic rings. The van der Waals surface area contributed by atoms with Crippen LogP contribution in [0.1, 0.15) is 38.1 Å². The van der Waals surface area contributed by atoms with Crippen molar-refractivity contribution in [2.45, 2.75) is 32.9 Å². The number of nitrogens with zero attached hydrogens (tertiary/aromatic N) is 2. The number of para-hydroxylation sites is 1. The second kappa shape index (κ2) is 7.01. The minimum absolute atomic E-state index is 0.0105. The number of nitrogens with one attached hydrogen (secondary N) is 1. The number of benzene rings is 1. The monoisotopic (exact) mass is 271 g/mol. The minimum Gasteiger partial charge on any atom is -0.491 e. The molecule has 1 N–H and O–H groups in total. The molecule has 0 saturated heterocycles. The van der Waals surface area contributed by atoms with Crippen LogP contribution in [0.5, 0.6) is 5.75 Å². The Labute approximate surface area is 120 Å². The van der Waals surface area contributed by atoms with Crippen LogP contribution in [0.15, 0.2) is 42.9 Å². The van der Waals surface area contributed by atoms with Gasteiger partial charge in [-0.15, -0.1) is 0 Å². The molecular formula is C16H21N3O. The molecule has 0 aliphatic rings. The highest BCUT2D eigenvalue weighted by molar-refractivity contribution is 5.39. The van der Waals surface area contributed by atoms with Crippen molar-refractivity contribution in [3.63, 3.8) is 0 Å². The molecule has 0 spiro atoms. The fourth-order valence-corrected chi connectivity index (χ4v) is 2.12. The highest BCUT2D eigenvalue weighted by Crippen LogP contribution is 2.29. The number of hydrogen-bond donors (Lipinski definition) is 1. The molecule has 1 heterocycles. The number of ether oxygens (including phenoxy) is 1. The Morgan fingerprint density at radius 2 is 2.00 bits per heavy atom. The van der Waals surface area contributed by atoms with Crippen LogP contribution < -0.4 is 10.1 Å². The van der Waals surface area contributed by atoms with Crippen molar-refractivity contribution in [2.75, 3.05) is 6.54 Å². The van der Waals surface area contributed by atoms with E-state index in [1.807, 2.05) is 32.0 Å². The Kier molecular flexibility index (Phi) is 5.07. The van der Waals surface area contributed by atoms with Gasteiger partial charge in [0.15, 0.2) is 0 Å². The van der Waals surface area contributed by atoms with E-state index in [1.165, 1.54) is 0 Å².